The van der Waals surface area contributed by atoms with Gasteiger partial charge in [0.1, 0.15) is 23.1 Å². The van der Waals surface area contributed by atoms with Crippen molar-refractivity contribution >= 4 is 72.4 Å². The first-order valence-electron chi connectivity index (χ1n) is 28.3. The van der Waals surface area contributed by atoms with Crippen LogP contribution < -0.4 is 13.9 Å². The molecule has 3 aromatic heterocycles. The molecule has 1 aliphatic rings. The number of nitrogens with zero attached hydrogens (tertiary/aromatic N) is 5. The molecule has 12 aromatic rings. The van der Waals surface area contributed by atoms with Crippen LogP contribution in [-0.4, -0.2) is 20.1 Å². The number of rotatable bonds is 10. The fourth-order valence-electron chi connectivity index (χ4n) is 11.7. The molecule has 4 heterocycles. The van der Waals surface area contributed by atoms with Crippen LogP contribution in [0.2, 0.25) is 0 Å². The van der Waals surface area contributed by atoms with Gasteiger partial charge in [0.05, 0.1) is 22.2 Å². The van der Waals surface area contributed by atoms with Gasteiger partial charge in [0.15, 0.2) is 0 Å². The number of pyridine rings is 1. The Bertz CT molecular complexity index is 4560. The van der Waals surface area contributed by atoms with E-state index in [9.17, 15) is 0 Å². The molecule has 0 spiro atoms. The van der Waals surface area contributed by atoms with Gasteiger partial charge in [0, 0.05) is 52.2 Å². The molecular formula is C74H63F2N5OPt+2. The molecule has 0 atom stereocenters. The summed E-state index contributed by atoms with van der Waals surface area (Å²) in [5.74, 6) is 0.926. The Labute approximate surface area is 498 Å². The predicted molar refractivity (Wildman–Crippen MR) is 334 cm³/mol. The molecule has 0 saturated carbocycles. The molecule has 9 aromatic carbocycles. The first-order valence-corrected chi connectivity index (χ1v) is 28.3. The monoisotopic (exact) mass is 1270 g/mol. The molecule has 1 aliphatic heterocycles. The number of hydrogen-bond acceptors (Lipinski definition) is 2. The second kappa shape index (κ2) is 21.0. The van der Waals surface area contributed by atoms with Crippen LogP contribution in [0.3, 0.4) is 0 Å². The first-order chi connectivity index (χ1) is 39.4. The van der Waals surface area contributed by atoms with E-state index in [0.717, 1.165) is 94.9 Å². The van der Waals surface area contributed by atoms with Crippen molar-refractivity contribution in [1.29, 1.82) is 0 Å². The summed E-state index contributed by atoms with van der Waals surface area (Å²) in [6, 6.07) is 72.3. The van der Waals surface area contributed by atoms with Gasteiger partial charge in [-0.1, -0.05) is 182 Å². The quantitative estimate of drug-likeness (QED) is 0.101. The molecule has 6 nitrogen and oxygen atoms in total. The van der Waals surface area contributed by atoms with Gasteiger partial charge in [-0.25, -0.2) is 13.8 Å². The van der Waals surface area contributed by atoms with Gasteiger partial charge in [-0.2, -0.15) is 6.07 Å². The zero-order chi connectivity index (χ0) is 56.9. The molecule has 0 radical (unpaired) electrons. The van der Waals surface area contributed by atoms with Crippen molar-refractivity contribution in [2.75, 3.05) is 0 Å². The van der Waals surface area contributed by atoms with E-state index in [0.29, 0.717) is 28.3 Å². The SMILES string of the molecule is CC(C)c1cc(-c2cc(C(C)(C)C)cc(-c3cc(F)cc(F)c3)c2[N+]2=C=[N+](c3[c-]c(Oc4[c-]c5c(cc4)c4ccccc4n5-c4cc(C(C)(C)C)ccn4)cc(-n4c5ccccc5c5ccccc54)c3)c3ccccc32)cc(C(C)C)c1.[Pt+2]. The van der Waals surface area contributed by atoms with Crippen molar-refractivity contribution in [2.24, 2.45) is 0 Å². The number of ether oxygens (including phenoxy) is 1. The summed E-state index contributed by atoms with van der Waals surface area (Å²) in [6.45, 7) is 22.0. The maximum atomic E-state index is 15.7. The van der Waals surface area contributed by atoms with E-state index in [1.165, 1.54) is 28.8 Å². The zero-order valence-corrected chi connectivity index (χ0v) is 50.5. The van der Waals surface area contributed by atoms with Crippen molar-refractivity contribution in [3.8, 4) is 45.3 Å². The minimum atomic E-state index is -0.655. The predicted octanol–water partition coefficient (Wildman–Crippen LogP) is 20.0. The topological polar surface area (TPSA) is 38.0 Å². The van der Waals surface area contributed by atoms with E-state index in [2.05, 4.69) is 241 Å². The number of fused-ring (bicyclic) bond motifs is 7. The maximum Gasteiger partial charge on any atom is 2.00 e. The molecule has 0 aliphatic carbocycles. The average molecular weight is 1270 g/mol. The second-order valence-electron chi connectivity index (χ2n) is 24.4. The molecule has 0 amide bonds. The van der Waals surface area contributed by atoms with E-state index in [4.69, 9.17) is 9.72 Å². The van der Waals surface area contributed by atoms with Crippen LogP contribution in [0.1, 0.15) is 103 Å². The van der Waals surface area contributed by atoms with Crippen LogP contribution in [0, 0.1) is 23.8 Å². The summed E-state index contributed by atoms with van der Waals surface area (Å²) >= 11 is 0. The maximum absolute atomic E-state index is 15.7. The third-order valence-corrected chi connectivity index (χ3v) is 16.1. The Morgan fingerprint density at radius 1 is 0.506 bits per heavy atom. The molecule has 0 saturated heterocycles. The fraction of sp³-hybridized carbons (Fsp3) is 0.189. The van der Waals surface area contributed by atoms with Crippen LogP contribution in [0.25, 0.3) is 77.4 Å². The molecule has 0 fully saturated rings. The van der Waals surface area contributed by atoms with E-state index < -0.39 is 11.6 Å². The van der Waals surface area contributed by atoms with Gasteiger partial charge in [0.25, 0.3) is 11.4 Å². The van der Waals surface area contributed by atoms with Crippen molar-refractivity contribution in [3.05, 3.63) is 234 Å². The van der Waals surface area contributed by atoms with Gasteiger partial charge in [-0.15, -0.1) is 23.6 Å². The largest absolute Gasteiger partial charge is 2.00 e. The van der Waals surface area contributed by atoms with Crippen LogP contribution in [0.4, 0.5) is 31.5 Å². The molecule has 412 valence electrons. The first kappa shape index (κ1) is 55.0. The van der Waals surface area contributed by atoms with Crippen LogP contribution in [0.5, 0.6) is 11.5 Å². The smallest absolute Gasteiger partial charge is 0.509 e. The normalized spacial score (nSPS) is 12.7. The van der Waals surface area contributed by atoms with Gasteiger partial charge in [-0.3, -0.25) is 0 Å². The summed E-state index contributed by atoms with van der Waals surface area (Å²) in [7, 11) is 0. The van der Waals surface area contributed by atoms with Crippen molar-refractivity contribution in [1.82, 2.24) is 23.3 Å². The Morgan fingerprint density at radius 3 is 1.61 bits per heavy atom. The Balaban J connectivity index is 0.00000680. The van der Waals surface area contributed by atoms with E-state index in [1.54, 1.807) is 0 Å². The molecule has 83 heavy (non-hydrogen) atoms. The molecule has 0 N–H and O–H groups in total. The second-order valence-corrected chi connectivity index (χ2v) is 24.4. The van der Waals surface area contributed by atoms with Gasteiger partial charge >= 0.3 is 27.1 Å². The van der Waals surface area contributed by atoms with E-state index >= 15 is 8.78 Å². The number of benzene rings is 9. The number of aromatic nitrogens is 3. The standard InChI is InChI=1S/C74H63F2N5O.Pt/c1-45(2)47-31-48(46(3)4)33-49(32-47)63-36-52(74(8,9)10)37-64(50-34-53(75)39-54(76)35-50)72(63)79-44-78(68-25-17-18-26-69(68)79)55-40-56(80-65-22-14-11-19-59(65)60-20-12-15-23-66(60)80)42-58(41-55)82-57-27-28-62-61-21-13-16-24-67(61)81(70(62)43-57)71-38-51(29-30-77-71)73(5,6)7;/h11-40,42,45-46H,1-10H3;/q;+2. The fourth-order valence-corrected chi connectivity index (χ4v) is 11.7. The third kappa shape index (κ3) is 9.92. The number of halogens is 2. The Kier molecular flexibility index (Phi) is 13.9. The van der Waals surface area contributed by atoms with Crippen LogP contribution in [0.15, 0.2) is 188 Å². The minimum Gasteiger partial charge on any atom is -0.509 e. The molecule has 13 rings (SSSR count). The van der Waals surface area contributed by atoms with Gasteiger partial charge in [0.2, 0.25) is 5.69 Å². The minimum absolute atomic E-state index is 0. The van der Waals surface area contributed by atoms with Gasteiger partial charge < -0.3 is 13.9 Å². The zero-order valence-electron chi connectivity index (χ0n) is 48.3. The summed E-state index contributed by atoms with van der Waals surface area (Å²) in [5, 5.41) is 4.36. The van der Waals surface area contributed by atoms with E-state index in [1.807, 2.05) is 35.0 Å². The Hall–Kier alpha value is -8.54. The summed E-state index contributed by atoms with van der Waals surface area (Å²) in [4.78, 5) is 4.93. The molecule has 0 bridgehead atoms. The van der Waals surface area contributed by atoms with Crippen LogP contribution >= 0.6 is 0 Å². The van der Waals surface area contributed by atoms with Gasteiger partial charge in [-0.05, 0) is 121 Å². The molecule has 0 unspecified atom stereocenters. The molecular weight excluding hydrogens is 1210 g/mol. The average Bonchev–Trinajstić information content (AvgIpc) is 4.33. The number of hydrogen-bond donors (Lipinski definition) is 0. The van der Waals surface area contributed by atoms with Crippen molar-refractivity contribution in [3.63, 3.8) is 0 Å². The summed E-state index contributed by atoms with van der Waals surface area (Å²) < 4.78 is 47.1. The number of para-hydroxylation sites is 5. The third-order valence-electron chi connectivity index (χ3n) is 16.1. The Morgan fingerprint density at radius 2 is 1.04 bits per heavy atom. The van der Waals surface area contributed by atoms with E-state index in [-0.39, 0.29) is 43.7 Å². The van der Waals surface area contributed by atoms with Crippen LogP contribution in [-0.2, 0) is 31.9 Å². The summed E-state index contributed by atoms with van der Waals surface area (Å²) in [6.07, 6.45) is 1.88. The van der Waals surface area contributed by atoms with Crippen molar-refractivity contribution in [2.45, 2.75) is 91.9 Å². The van der Waals surface area contributed by atoms with Crippen molar-refractivity contribution < 1.29 is 34.6 Å². The molecule has 9 heteroatoms. The summed E-state index contributed by atoms with van der Waals surface area (Å²) in [5.41, 5.74) is 15.0.